The summed E-state index contributed by atoms with van der Waals surface area (Å²) in [5, 5.41) is 25.6. The molecule has 0 saturated carbocycles. The van der Waals surface area contributed by atoms with Crippen molar-refractivity contribution in [1.29, 1.82) is 0 Å². The second kappa shape index (κ2) is 8.19. The summed E-state index contributed by atoms with van der Waals surface area (Å²) in [6, 6.07) is 0. The van der Waals surface area contributed by atoms with Crippen molar-refractivity contribution in [1.82, 2.24) is 0 Å². The number of aliphatic hydroxyl groups excluding tert-OH is 2. The van der Waals surface area contributed by atoms with Gasteiger partial charge in [0.15, 0.2) is 6.61 Å². The van der Waals surface area contributed by atoms with Gasteiger partial charge in [-0.3, -0.25) is 4.79 Å². The van der Waals surface area contributed by atoms with Crippen molar-refractivity contribution in [2.24, 2.45) is 5.41 Å². The first-order chi connectivity index (χ1) is 5.96. The van der Waals surface area contributed by atoms with E-state index in [0.717, 1.165) is 0 Å². The molecule has 0 unspecified atom stereocenters. The summed E-state index contributed by atoms with van der Waals surface area (Å²) in [4.78, 5) is 21.0. The lowest BCUT2D eigenvalue weighted by molar-refractivity contribution is -0.166. The van der Waals surface area contributed by atoms with Gasteiger partial charge in [-0.2, -0.15) is 0 Å². The molecule has 6 nitrogen and oxygen atoms in total. The minimum absolute atomic E-state index is 0. The first kappa shape index (κ1) is 19.4. The molecule has 0 spiro atoms. The number of ether oxygens (including phenoxy) is 1. The lowest BCUT2D eigenvalue weighted by atomic mass is 9.93. The number of carboxylic acid groups (broad SMARTS) is 1. The molecular weight excluding hydrogens is 204 g/mol. The molecule has 0 bridgehead atoms. The Morgan fingerprint density at radius 1 is 1.20 bits per heavy atom. The van der Waals surface area contributed by atoms with Crippen LogP contribution in [-0.2, 0) is 14.3 Å². The van der Waals surface area contributed by atoms with Gasteiger partial charge in [-0.15, -0.1) is 0 Å². The molecule has 0 heterocycles. The van der Waals surface area contributed by atoms with Crippen LogP contribution in [0.5, 0.6) is 0 Å². The minimum atomic E-state index is -1.44. The van der Waals surface area contributed by atoms with Crippen molar-refractivity contribution >= 4 is 11.9 Å². The fourth-order valence-electron chi connectivity index (χ4n) is 0.481. The predicted molar refractivity (Wildman–Crippen MR) is 54.3 cm³/mol. The minimum Gasteiger partial charge on any atom is -0.479 e. The zero-order valence-corrected chi connectivity index (χ0v) is 7.19. The summed E-state index contributed by atoms with van der Waals surface area (Å²) in [6.45, 7) is -0.685. The highest BCUT2D eigenvalue weighted by atomic mass is 16.6. The molecule has 0 rings (SSSR count). The van der Waals surface area contributed by atoms with Crippen LogP contribution in [0.4, 0.5) is 0 Å². The maximum Gasteiger partial charge on any atom is 0.341 e. The SMILES string of the molecule is C.C.CC(CO)(CO)C(=O)OCC(=O)O. The molecule has 0 atom stereocenters. The van der Waals surface area contributed by atoms with Crippen molar-refractivity contribution in [2.75, 3.05) is 19.8 Å². The van der Waals surface area contributed by atoms with Crippen LogP contribution in [0.1, 0.15) is 21.8 Å². The van der Waals surface area contributed by atoms with Crippen molar-refractivity contribution in [3.8, 4) is 0 Å². The fourth-order valence-corrected chi connectivity index (χ4v) is 0.481. The van der Waals surface area contributed by atoms with E-state index < -0.39 is 37.2 Å². The van der Waals surface area contributed by atoms with Gasteiger partial charge in [0.1, 0.15) is 5.41 Å². The van der Waals surface area contributed by atoms with E-state index in [2.05, 4.69) is 4.74 Å². The van der Waals surface area contributed by atoms with Gasteiger partial charge in [0.05, 0.1) is 13.2 Å². The standard InChI is InChI=1S/C7H12O6.2CH4/c1-7(3-8,4-9)6(12)13-2-5(10)11;;/h8-9H,2-4H2,1H3,(H,10,11);2*1H4. The number of carboxylic acids is 1. The average Bonchev–Trinajstić information content (AvgIpc) is 2.12. The topological polar surface area (TPSA) is 104 Å². The maximum atomic E-state index is 11.0. The van der Waals surface area contributed by atoms with Crippen LogP contribution in [0.25, 0.3) is 0 Å². The smallest absolute Gasteiger partial charge is 0.341 e. The maximum absolute atomic E-state index is 11.0. The summed E-state index contributed by atoms with van der Waals surface area (Å²) in [6.07, 6.45) is 0. The molecule has 0 amide bonds. The number of aliphatic carboxylic acids is 1. The second-order valence-electron chi connectivity index (χ2n) is 2.85. The van der Waals surface area contributed by atoms with Crippen LogP contribution in [0, 0.1) is 5.41 Å². The summed E-state index contributed by atoms with van der Waals surface area (Å²) >= 11 is 0. The fraction of sp³-hybridized carbons (Fsp3) is 0.778. The number of carbonyl (C=O) groups excluding carboxylic acids is 1. The molecule has 0 aliphatic rings. The zero-order chi connectivity index (χ0) is 10.5. The van der Waals surface area contributed by atoms with Gasteiger partial charge in [0, 0.05) is 0 Å². The predicted octanol–water partition coefficient (Wildman–Crippen LogP) is -0.123. The molecule has 3 N–H and O–H groups in total. The first-order valence-corrected chi connectivity index (χ1v) is 3.57. The van der Waals surface area contributed by atoms with Crippen molar-refractivity contribution in [3.05, 3.63) is 0 Å². The van der Waals surface area contributed by atoms with E-state index in [4.69, 9.17) is 15.3 Å². The molecule has 0 aromatic heterocycles. The Bertz CT molecular complexity index is 197. The Kier molecular flexibility index (Phi) is 10.6. The number of carbonyl (C=O) groups is 2. The first-order valence-electron chi connectivity index (χ1n) is 3.57. The van der Waals surface area contributed by atoms with Crippen LogP contribution in [-0.4, -0.2) is 47.1 Å². The molecule has 0 aliphatic heterocycles. The lowest BCUT2D eigenvalue weighted by Gasteiger charge is -2.21. The Labute approximate surface area is 89.5 Å². The zero-order valence-electron chi connectivity index (χ0n) is 7.19. The Balaban J connectivity index is -0.000000720. The van der Waals surface area contributed by atoms with E-state index in [9.17, 15) is 9.59 Å². The van der Waals surface area contributed by atoms with Crippen LogP contribution in [0.3, 0.4) is 0 Å². The van der Waals surface area contributed by atoms with Gasteiger partial charge >= 0.3 is 11.9 Å². The second-order valence-corrected chi connectivity index (χ2v) is 2.85. The molecule has 0 aromatic carbocycles. The Hall–Kier alpha value is -1.14. The molecule has 6 heteroatoms. The van der Waals surface area contributed by atoms with Gasteiger partial charge in [-0.1, -0.05) is 14.9 Å². The highest BCUT2D eigenvalue weighted by Crippen LogP contribution is 2.15. The summed E-state index contributed by atoms with van der Waals surface area (Å²) in [7, 11) is 0. The number of aliphatic hydroxyl groups is 2. The number of hydrogen-bond donors (Lipinski definition) is 3. The van der Waals surface area contributed by atoms with E-state index in [0.29, 0.717) is 0 Å². The van der Waals surface area contributed by atoms with E-state index >= 15 is 0 Å². The summed E-state index contributed by atoms with van der Waals surface area (Å²) < 4.78 is 4.29. The monoisotopic (exact) mass is 224 g/mol. The highest BCUT2D eigenvalue weighted by molar-refractivity contribution is 5.79. The molecule has 0 fully saturated rings. The van der Waals surface area contributed by atoms with Gasteiger partial charge in [-0.25, -0.2) is 4.79 Å². The number of esters is 1. The third-order valence-electron chi connectivity index (χ3n) is 1.52. The molecule has 0 aromatic rings. The molecule has 92 valence electrons. The van der Waals surface area contributed by atoms with E-state index in [1.54, 1.807) is 0 Å². The molecule has 0 radical (unpaired) electrons. The van der Waals surface area contributed by atoms with Crippen molar-refractivity contribution in [3.63, 3.8) is 0 Å². The van der Waals surface area contributed by atoms with Crippen LogP contribution >= 0.6 is 0 Å². The normalized spacial score (nSPS) is 9.53. The van der Waals surface area contributed by atoms with Gasteiger partial charge in [0.25, 0.3) is 0 Å². The van der Waals surface area contributed by atoms with E-state index in [-0.39, 0.29) is 14.9 Å². The number of hydrogen-bond acceptors (Lipinski definition) is 5. The molecule has 15 heavy (non-hydrogen) atoms. The molecular formula is C9H20O6. The van der Waals surface area contributed by atoms with Crippen molar-refractivity contribution < 1.29 is 29.6 Å². The quantitative estimate of drug-likeness (QED) is 0.562. The van der Waals surface area contributed by atoms with Gasteiger partial charge in [0.2, 0.25) is 0 Å². The summed E-state index contributed by atoms with van der Waals surface area (Å²) in [5.74, 6) is -2.22. The number of rotatable bonds is 5. The van der Waals surface area contributed by atoms with Gasteiger partial charge in [-0.05, 0) is 6.92 Å². The highest BCUT2D eigenvalue weighted by Gasteiger charge is 2.33. The Morgan fingerprint density at radius 3 is 1.87 bits per heavy atom. The van der Waals surface area contributed by atoms with Gasteiger partial charge < -0.3 is 20.1 Å². The summed E-state index contributed by atoms with van der Waals surface area (Å²) in [5.41, 5.74) is -1.44. The molecule has 0 aliphatic carbocycles. The van der Waals surface area contributed by atoms with E-state index in [1.807, 2.05) is 0 Å². The third-order valence-corrected chi connectivity index (χ3v) is 1.52. The van der Waals surface area contributed by atoms with Crippen LogP contribution < -0.4 is 0 Å². The van der Waals surface area contributed by atoms with E-state index in [1.165, 1.54) is 6.92 Å². The lowest BCUT2D eigenvalue weighted by Crippen LogP contribution is -2.37. The largest absolute Gasteiger partial charge is 0.479 e. The third kappa shape index (κ3) is 6.03. The van der Waals surface area contributed by atoms with Crippen LogP contribution in [0.2, 0.25) is 0 Å². The molecule has 0 saturated heterocycles. The average molecular weight is 224 g/mol. The van der Waals surface area contributed by atoms with Crippen molar-refractivity contribution in [2.45, 2.75) is 21.8 Å². The Morgan fingerprint density at radius 2 is 1.60 bits per heavy atom. The van der Waals surface area contributed by atoms with Crippen LogP contribution in [0.15, 0.2) is 0 Å².